The molecule has 3 heterocycles. The van der Waals surface area contributed by atoms with Crippen molar-refractivity contribution in [1.82, 2.24) is 14.9 Å². The van der Waals surface area contributed by atoms with E-state index in [9.17, 15) is 9.59 Å². The number of nitrogens with two attached hydrogens (primary N) is 1. The van der Waals surface area contributed by atoms with Crippen LogP contribution >= 0.6 is 11.3 Å². The highest BCUT2D eigenvalue weighted by Crippen LogP contribution is 2.32. The molecule has 0 unspecified atom stereocenters. The molecule has 1 amide bonds. The van der Waals surface area contributed by atoms with E-state index >= 15 is 0 Å². The molecule has 0 radical (unpaired) electrons. The summed E-state index contributed by atoms with van der Waals surface area (Å²) in [5.41, 5.74) is 7.42. The monoisotopic (exact) mass is 354 g/mol. The van der Waals surface area contributed by atoms with Crippen molar-refractivity contribution in [3.8, 4) is 0 Å². The molecule has 1 aliphatic rings. The zero-order valence-corrected chi connectivity index (χ0v) is 14.4. The third-order valence-electron chi connectivity index (χ3n) is 4.43. The molecular formula is C18H18N4O2S. The highest BCUT2D eigenvalue weighted by atomic mass is 32.1. The van der Waals surface area contributed by atoms with Crippen molar-refractivity contribution < 1.29 is 4.79 Å². The van der Waals surface area contributed by atoms with E-state index in [4.69, 9.17) is 5.73 Å². The lowest BCUT2D eigenvalue weighted by Crippen LogP contribution is -2.29. The van der Waals surface area contributed by atoms with Crippen LogP contribution in [0.25, 0.3) is 10.2 Å². The van der Waals surface area contributed by atoms with Gasteiger partial charge in [0.25, 0.3) is 5.56 Å². The Kier molecular flexibility index (Phi) is 4.10. The summed E-state index contributed by atoms with van der Waals surface area (Å²) in [6.45, 7) is 2.62. The number of hydrogen-bond donors (Lipinski definition) is 2. The Morgan fingerprint density at radius 3 is 2.88 bits per heavy atom. The molecule has 0 saturated heterocycles. The van der Waals surface area contributed by atoms with Gasteiger partial charge in [-0.05, 0) is 17.5 Å². The number of amides is 1. The lowest BCUT2D eigenvalue weighted by molar-refractivity contribution is -0.117. The molecule has 1 aromatic carbocycles. The number of hydrogen-bond acceptors (Lipinski definition) is 5. The third kappa shape index (κ3) is 3.20. The Bertz CT molecular complexity index is 993. The van der Waals surface area contributed by atoms with Crippen LogP contribution in [0.2, 0.25) is 0 Å². The Labute approximate surface area is 148 Å². The van der Waals surface area contributed by atoms with Gasteiger partial charge in [0, 0.05) is 24.5 Å². The molecule has 128 valence electrons. The fourth-order valence-electron chi connectivity index (χ4n) is 3.32. The van der Waals surface area contributed by atoms with E-state index in [1.807, 2.05) is 18.2 Å². The maximum absolute atomic E-state index is 12.4. The quantitative estimate of drug-likeness (QED) is 0.744. The van der Waals surface area contributed by atoms with Crippen molar-refractivity contribution in [1.29, 1.82) is 0 Å². The van der Waals surface area contributed by atoms with Crippen molar-refractivity contribution >= 4 is 27.5 Å². The largest absolute Gasteiger partial charge is 0.369 e. The number of carbonyl (C=O) groups excluding carboxylic acids is 1. The zero-order valence-electron chi connectivity index (χ0n) is 13.6. The van der Waals surface area contributed by atoms with E-state index in [1.165, 1.54) is 10.4 Å². The summed E-state index contributed by atoms with van der Waals surface area (Å²) < 4.78 is 0. The first-order valence-corrected chi connectivity index (χ1v) is 9.00. The molecule has 3 N–H and O–H groups in total. The Morgan fingerprint density at radius 1 is 1.32 bits per heavy atom. The molecule has 2 aromatic heterocycles. The number of aromatic amines is 1. The smallest absolute Gasteiger partial charge is 0.259 e. The van der Waals surface area contributed by atoms with Crippen molar-refractivity contribution in [2.75, 3.05) is 6.54 Å². The summed E-state index contributed by atoms with van der Waals surface area (Å²) in [5.74, 6) is -0.164. The number of aromatic nitrogens is 2. The molecule has 0 atom stereocenters. The minimum absolute atomic E-state index is 0.0477. The number of fused-ring (bicyclic) bond motifs is 3. The average Bonchev–Trinajstić information content (AvgIpc) is 2.93. The number of H-pyrrole nitrogens is 1. The lowest BCUT2D eigenvalue weighted by atomic mass is 10.0. The van der Waals surface area contributed by atoms with E-state index in [0.29, 0.717) is 16.0 Å². The van der Waals surface area contributed by atoms with Crippen molar-refractivity contribution in [2.45, 2.75) is 25.9 Å². The Hall–Kier alpha value is -2.51. The van der Waals surface area contributed by atoms with E-state index in [2.05, 4.69) is 27.0 Å². The molecule has 6 nitrogen and oxygen atoms in total. The van der Waals surface area contributed by atoms with Gasteiger partial charge >= 0.3 is 0 Å². The number of benzene rings is 1. The number of thiophene rings is 1. The summed E-state index contributed by atoms with van der Waals surface area (Å²) in [6.07, 6.45) is 0.788. The second kappa shape index (κ2) is 6.42. The SMILES string of the molecule is NC(=O)Cc1nc2sc3c(c2c(=O)[nH]1)CCN(Cc1ccccc1)C3. The van der Waals surface area contributed by atoms with Gasteiger partial charge in [-0.25, -0.2) is 4.98 Å². The number of rotatable bonds is 4. The van der Waals surface area contributed by atoms with Gasteiger partial charge in [-0.1, -0.05) is 30.3 Å². The molecule has 0 bridgehead atoms. The van der Waals surface area contributed by atoms with Crippen molar-refractivity contribution in [2.24, 2.45) is 5.73 Å². The first-order chi connectivity index (χ1) is 12.1. The van der Waals surface area contributed by atoms with Crippen LogP contribution in [0.4, 0.5) is 0 Å². The molecule has 3 aromatic rings. The number of carbonyl (C=O) groups is 1. The summed E-state index contributed by atoms with van der Waals surface area (Å²) in [4.78, 5) is 34.9. The second-order valence-electron chi connectivity index (χ2n) is 6.29. The molecule has 0 fully saturated rings. The predicted molar refractivity (Wildman–Crippen MR) is 97.4 cm³/mol. The first-order valence-electron chi connectivity index (χ1n) is 8.18. The molecule has 0 aliphatic carbocycles. The fourth-order valence-corrected chi connectivity index (χ4v) is 4.61. The van der Waals surface area contributed by atoms with Gasteiger partial charge in [-0.2, -0.15) is 0 Å². The van der Waals surface area contributed by atoms with Crippen LogP contribution in [0.3, 0.4) is 0 Å². The summed E-state index contributed by atoms with van der Waals surface area (Å²) in [5, 5.41) is 0.674. The molecule has 0 saturated carbocycles. The van der Waals surface area contributed by atoms with Gasteiger partial charge in [0.05, 0.1) is 11.8 Å². The van der Waals surface area contributed by atoms with Crippen LogP contribution in [-0.2, 0) is 30.7 Å². The van der Waals surface area contributed by atoms with E-state index < -0.39 is 5.91 Å². The highest BCUT2D eigenvalue weighted by Gasteiger charge is 2.23. The minimum Gasteiger partial charge on any atom is -0.369 e. The lowest BCUT2D eigenvalue weighted by Gasteiger charge is -2.26. The maximum Gasteiger partial charge on any atom is 0.259 e. The Balaban J connectivity index is 1.64. The highest BCUT2D eigenvalue weighted by molar-refractivity contribution is 7.18. The standard InChI is InChI=1S/C18H18N4O2S/c19-14(23)8-15-20-17(24)16-12-6-7-22(9-11-4-2-1-3-5-11)10-13(12)25-18(16)21-15/h1-5H,6-10H2,(H2,19,23)(H,20,21,24). The minimum atomic E-state index is -0.502. The third-order valence-corrected chi connectivity index (χ3v) is 5.54. The van der Waals surface area contributed by atoms with Gasteiger partial charge in [0.2, 0.25) is 5.91 Å². The average molecular weight is 354 g/mol. The number of primary amides is 1. The molecule has 4 rings (SSSR count). The van der Waals surface area contributed by atoms with E-state index in [1.54, 1.807) is 11.3 Å². The van der Waals surface area contributed by atoms with Crippen LogP contribution < -0.4 is 11.3 Å². The van der Waals surface area contributed by atoms with Gasteiger partial charge < -0.3 is 10.7 Å². The van der Waals surface area contributed by atoms with Crippen molar-refractivity contribution in [3.05, 3.63) is 62.5 Å². The fraction of sp³-hybridized carbons (Fsp3) is 0.278. The first kappa shape index (κ1) is 16.0. The Morgan fingerprint density at radius 2 is 2.12 bits per heavy atom. The van der Waals surface area contributed by atoms with Crippen LogP contribution in [0.15, 0.2) is 35.1 Å². The van der Waals surface area contributed by atoms with Gasteiger partial charge in [-0.15, -0.1) is 11.3 Å². The second-order valence-corrected chi connectivity index (χ2v) is 7.37. The van der Waals surface area contributed by atoms with Crippen molar-refractivity contribution in [3.63, 3.8) is 0 Å². The molecule has 0 spiro atoms. The summed E-state index contributed by atoms with van der Waals surface area (Å²) >= 11 is 1.54. The normalized spacial score (nSPS) is 14.6. The van der Waals surface area contributed by atoms with Crippen LogP contribution in [0, 0.1) is 0 Å². The molecule has 7 heteroatoms. The zero-order chi connectivity index (χ0) is 17.4. The van der Waals surface area contributed by atoms with Crippen LogP contribution in [-0.4, -0.2) is 27.3 Å². The predicted octanol–water partition coefficient (Wildman–Crippen LogP) is 1.57. The number of nitrogens with zero attached hydrogens (tertiary/aromatic N) is 2. The summed E-state index contributed by atoms with van der Waals surface area (Å²) in [7, 11) is 0. The molecule has 25 heavy (non-hydrogen) atoms. The van der Waals surface area contributed by atoms with E-state index in [0.717, 1.165) is 31.6 Å². The molecular weight excluding hydrogens is 336 g/mol. The van der Waals surface area contributed by atoms with Gasteiger partial charge in [-0.3, -0.25) is 14.5 Å². The molecule has 1 aliphatic heterocycles. The summed E-state index contributed by atoms with van der Waals surface area (Å²) in [6, 6.07) is 10.4. The van der Waals surface area contributed by atoms with Crippen LogP contribution in [0.1, 0.15) is 21.8 Å². The topological polar surface area (TPSA) is 92.1 Å². The van der Waals surface area contributed by atoms with Gasteiger partial charge in [0.15, 0.2) is 0 Å². The van der Waals surface area contributed by atoms with Gasteiger partial charge in [0.1, 0.15) is 10.7 Å². The number of nitrogens with one attached hydrogen (secondary N) is 1. The van der Waals surface area contributed by atoms with E-state index in [-0.39, 0.29) is 12.0 Å². The maximum atomic E-state index is 12.4. The van der Waals surface area contributed by atoms with Crippen LogP contribution in [0.5, 0.6) is 0 Å².